The molecule has 8 heteroatoms. The molecule has 5 nitrogen and oxygen atoms in total. The van der Waals surface area contributed by atoms with Crippen LogP contribution in [-0.4, -0.2) is 16.6 Å². The van der Waals surface area contributed by atoms with Gasteiger partial charge in [0.1, 0.15) is 17.1 Å². The zero-order chi connectivity index (χ0) is 23.0. The number of alkyl halides is 3. The van der Waals surface area contributed by atoms with Crippen LogP contribution >= 0.6 is 0 Å². The van der Waals surface area contributed by atoms with Crippen LogP contribution < -0.4 is 15.4 Å². The largest absolute Gasteiger partial charge is 0.494 e. The van der Waals surface area contributed by atoms with Crippen LogP contribution in [0.5, 0.6) is 5.75 Å². The quantitative estimate of drug-likeness (QED) is 0.326. The first-order chi connectivity index (χ1) is 15.4. The first kappa shape index (κ1) is 23.4. The minimum Gasteiger partial charge on any atom is -0.494 e. The third kappa shape index (κ3) is 6.60. The SMILES string of the molecule is CCCCCOc1ccc(Nc2ncc(C(F)(F)F)c(Nc3ccc(CC)cc3)n2)cc1. The number of benzene rings is 2. The lowest BCUT2D eigenvalue weighted by Crippen LogP contribution is -2.12. The monoisotopic (exact) mass is 444 g/mol. The Morgan fingerprint density at radius 3 is 2.16 bits per heavy atom. The highest BCUT2D eigenvalue weighted by atomic mass is 19.4. The first-order valence-electron chi connectivity index (χ1n) is 10.7. The molecule has 32 heavy (non-hydrogen) atoms. The number of hydrogen-bond donors (Lipinski definition) is 2. The van der Waals surface area contributed by atoms with Crippen molar-refractivity contribution in [2.75, 3.05) is 17.2 Å². The Labute approximate surface area is 186 Å². The minimum atomic E-state index is -4.58. The first-order valence-corrected chi connectivity index (χ1v) is 10.7. The van der Waals surface area contributed by atoms with Crippen molar-refractivity contribution in [2.24, 2.45) is 0 Å². The maximum atomic E-state index is 13.5. The number of anilines is 4. The lowest BCUT2D eigenvalue weighted by molar-refractivity contribution is -0.137. The molecule has 0 atom stereocenters. The van der Waals surface area contributed by atoms with Crippen LogP contribution in [0, 0.1) is 0 Å². The molecule has 170 valence electrons. The van der Waals surface area contributed by atoms with E-state index in [1.807, 2.05) is 19.1 Å². The fraction of sp³-hybridized carbons (Fsp3) is 0.333. The minimum absolute atomic E-state index is 0.0577. The Morgan fingerprint density at radius 2 is 1.53 bits per heavy atom. The van der Waals surface area contributed by atoms with E-state index in [4.69, 9.17) is 4.74 Å². The predicted octanol–water partition coefficient (Wildman–Crippen LogP) is 7.11. The Bertz CT molecular complexity index is 990. The van der Waals surface area contributed by atoms with Crippen molar-refractivity contribution in [3.05, 3.63) is 65.9 Å². The summed E-state index contributed by atoms with van der Waals surface area (Å²) in [7, 11) is 0. The molecule has 0 saturated carbocycles. The number of hydrogen-bond acceptors (Lipinski definition) is 5. The van der Waals surface area contributed by atoms with E-state index in [1.165, 1.54) is 0 Å². The Kier molecular flexibility index (Phi) is 7.92. The van der Waals surface area contributed by atoms with Gasteiger partial charge < -0.3 is 15.4 Å². The van der Waals surface area contributed by atoms with Crippen LogP contribution in [0.15, 0.2) is 54.7 Å². The number of aromatic nitrogens is 2. The van der Waals surface area contributed by atoms with E-state index in [0.29, 0.717) is 18.0 Å². The molecule has 0 unspecified atom stereocenters. The van der Waals surface area contributed by atoms with E-state index in [-0.39, 0.29) is 11.8 Å². The highest BCUT2D eigenvalue weighted by molar-refractivity contribution is 5.63. The summed E-state index contributed by atoms with van der Waals surface area (Å²) in [6.07, 6.45) is 0.277. The van der Waals surface area contributed by atoms with E-state index >= 15 is 0 Å². The molecule has 3 rings (SSSR count). The van der Waals surface area contributed by atoms with Gasteiger partial charge in [0.15, 0.2) is 0 Å². The van der Waals surface area contributed by atoms with Crippen molar-refractivity contribution in [1.82, 2.24) is 9.97 Å². The summed E-state index contributed by atoms with van der Waals surface area (Å²) in [5.74, 6) is 0.482. The van der Waals surface area contributed by atoms with Gasteiger partial charge in [-0.3, -0.25) is 0 Å². The van der Waals surface area contributed by atoms with Crippen molar-refractivity contribution in [3.8, 4) is 5.75 Å². The van der Waals surface area contributed by atoms with Crippen molar-refractivity contribution in [1.29, 1.82) is 0 Å². The number of ether oxygens (including phenoxy) is 1. The number of nitrogens with zero attached hydrogens (tertiary/aromatic N) is 2. The average molecular weight is 445 g/mol. The van der Waals surface area contributed by atoms with Crippen molar-refractivity contribution in [3.63, 3.8) is 0 Å². The summed E-state index contributed by atoms with van der Waals surface area (Å²) in [6, 6.07) is 14.3. The van der Waals surface area contributed by atoms with Gasteiger partial charge in [0.25, 0.3) is 0 Å². The van der Waals surface area contributed by atoms with Crippen LogP contribution in [0.3, 0.4) is 0 Å². The summed E-state index contributed by atoms with van der Waals surface area (Å²) in [6.45, 7) is 4.79. The summed E-state index contributed by atoms with van der Waals surface area (Å²) >= 11 is 0. The molecule has 0 aliphatic rings. The van der Waals surface area contributed by atoms with Crippen molar-refractivity contribution >= 4 is 23.1 Å². The van der Waals surface area contributed by atoms with Crippen LogP contribution in [0.4, 0.5) is 36.3 Å². The fourth-order valence-electron chi connectivity index (χ4n) is 3.01. The smallest absolute Gasteiger partial charge is 0.421 e. The van der Waals surface area contributed by atoms with E-state index in [1.54, 1.807) is 36.4 Å². The molecule has 0 bridgehead atoms. The van der Waals surface area contributed by atoms with Gasteiger partial charge in [0.2, 0.25) is 5.95 Å². The number of aryl methyl sites for hydroxylation is 1. The second-order valence-corrected chi connectivity index (χ2v) is 7.33. The zero-order valence-corrected chi connectivity index (χ0v) is 18.2. The van der Waals surface area contributed by atoms with Gasteiger partial charge in [0, 0.05) is 17.6 Å². The van der Waals surface area contributed by atoms with Crippen LogP contribution in [0.2, 0.25) is 0 Å². The normalized spacial score (nSPS) is 11.3. The topological polar surface area (TPSA) is 59.1 Å². The fourth-order valence-corrected chi connectivity index (χ4v) is 3.01. The molecule has 0 radical (unpaired) electrons. The predicted molar refractivity (Wildman–Crippen MR) is 121 cm³/mol. The van der Waals surface area contributed by atoms with Crippen molar-refractivity contribution < 1.29 is 17.9 Å². The van der Waals surface area contributed by atoms with Crippen molar-refractivity contribution in [2.45, 2.75) is 45.7 Å². The van der Waals surface area contributed by atoms with E-state index in [9.17, 15) is 13.2 Å². The molecule has 3 aromatic rings. The molecule has 1 aromatic heterocycles. The molecule has 2 aromatic carbocycles. The third-order valence-corrected chi connectivity index (χ3v) is 4.85. The van der Waals surface area contributed by atoms with Gasteiger partial charge in [-0.2, -0.15) is 18.2 Å². The van der Waals surface area contributed by atoms with E-state index in [2.05, 4.69) is 27.5 Å². The molecule has 0 aliphatic carbocycles. The Balaban J connectivity index is 1.74. The second-order valence-electron chi connectivity index (χ2n) is 7.33. The van der Waals surface area contributed by atoms with Crippen LogP contribution in [0.25, 0.3) is 0 Å². The standard InChI is InChI=1S/C24H27F3N4O/c1-3-5-6-15-32-20-13-11-19(12-14-20)30-23-28-16-21(24(25,26)27)22(31-23)29-18-9-7-17(4-2)8-10-18/h7-14,16H,3-6,15H2,1-2H3,(H2,28,29,30,31). The Morgan fingerprint density at radius 1 is 0.875 bits per heavy atom. The van der Waals surface area contributed by atoms with Crippen LogP contribution in [0.1, 0.15) is 44.2 Å². The Hall–Kier alpha value is -3.29. The van der Waals surface area contributed by atoms with Gasteiger partial charge in [-0.15, -0.1) is 0 Å². The molecule has 1 heterocycles. The molecule has 0 spiro atoms. The number of nitrogens with one attached hydrogen (secondary N) is 2. The highest BCUT2D eigenvalue weighted by Crippen LogP contribution is 2.35. The second kappa shape index (κ2) is 10.8. The summed E-state index contributed by atoms with van der Waals surface area (Å²) in [5, 5.41) is 5.71. The van der Waals surface area contributed by atoms with Gasteiger partial charge in [-0.05, 0) is 54.8 Å². The molecular weight excluding hydrogens is 417 g/mol. The molecule has 0 amide bonds. The van der Waals surface area contributed by atoms with Gasteiger partial charge in [-0.1, -0.05) is 38.8 Å². The van der Waals surface area contributed by atoms with Gasteiger partial charge >= 0.3 is 6.18 Å². The maximum absolute atomic E-state index is 13.5. The summed E-state index contributed by atoms with van der Waals surface area (Å²) < 4.78 is 46.1. The van der Waals surface area contributed by atoms with Gasteiger partial charge in [-0.25, -0.2) is 4.98 Å². The highest BCUT2D eigenvalue weighted by Gasteiger charge is 2.35. The van der Waals surface area contributed by atoms with E-state index in [0.717, 1.165) is 43.2 Å². The van der Waals surface area contributed by atoms with E-state index < -0.39 is 11.7 Å². The zero-order valence-electron chi connectivity index (χ0n) is 18.2. The third-order valence-electron chi connectivity index (χ3n) is 4.85. The number of halogens is 3. The number of rotatable bonds is 10. The maximum Gasteiger partial charge on any atom is 0.421 e. The molecule has 2 N–H and O–H groups in total. The summed E-state index contributed by atoms with van der Waals surface area (Å²) in [5.41, 5.74) is 1.32. The molecule has 0 saturated heterocycles. The lowest BCUT2D eigenvalue weighted by atomic mass is 10.1. The van der Waals surface area contributed by atoms with Crippen LogP contribution in [-0.2, 0) is 12.6 Å². The molecule has 0 aliphatic heterocycles. The summed E-state index contributed by atoms with van der Waals surface area (Å²) in [4.78, 5) is 7.93. The average Bonchev–Trinajstić information content (AvgIpc) is 2.78. The number of unbranched alkanes of at least 4 members (excludes halogenated alkanes) is 2. The molecular formula is C24H27F3N4O. The van der Waals surface area contributed by atoms with Gasteiger partial charge in [0.05, 0.1) is 6.61 Å². The lowest BCUT2D eigenvalue weighted by Gasteiger charge is -2.15. The molecule has 0 fully saturated rings.